The summed E-state index contributed by atoms with van der Waals surface area (Å²) >= 11 is 1.21. The van der Waals surface area contributed by atoms with Gasteiger partial charge in [-0.05, 0) is 41.6 Å². The minimum atomic E-state index is -0.584. The van der Waals surface area contributed by atoms with Gasteiger partial charge in [-0.2, -0.15) is 0 Å². The predicted octanol–water partition coefficient (Wildman–Crippen LogP) is 3.56. The smallest absolute Gasteiger partial charge is 0.348 e. The average molecular weight is 357 g/mol. The molecule has 1 amide bonds. The standard InChI is InChI=1S/C19H16FNO3S/c20-15-6-7-16-14(10-15)11-17(25-16)19(23)24-12-18(22)21-9-8-13-4-2-1-3-5-13/h1-7,10-11H,8-9,12H2,(H,21,22). The van der Waals surface area contributed by atoms with E-state index in [9.17, 15) is 14.0 Å². The van der Waals surface area contributed by atoms with Gasteiger partial charge in [0.1, 0.15) is 10.7 Å². The van der Waals surface area contributed by atoms with Crippen molar-refractivity contribution in [1.82, 2.24) is 5.32 Å². The molecule has 0 radical (unpaired) electrons. The van der Waals surface area contributed by atoms with Crippen LogP contribution in [0.15, 0.2) is 54.6 Å². The summed E-state index contributed by atoms with van der Waals surface area (Å²) in [5, 5.41) is 3.35. The number of amides is 1. The molecule has 128 valence electrons. The molecule has 4 nitrogen and oxygen atoms in total. The van der Waals surface area contributed by atoms with Gasteiger partial charge < -0.3 is 10.1 Å². The van der Waals surface area contributed by atoms with E-state index in [4.69, 9.17) is 4.74 Å². The Balaban J connectivity index is 1.46. The molecule has 1 aromatic heterocycles. The highest BCUT2D eigenvalue weighted by Gasteiger charge is 2.14. The maximum Gasteiger partial charge on any atom is 0.348 e. The lowest BCUT2D eigenvalue weighted by atomic mass is 10.1. The first kappa shape index (κ1) is 17.1. The van der Waals surface area contributed by atoms with Crippen molar-refractivity contribution in [3.63, 3.8) is 0 Å². The number of thiophene rings is 1. The second kappa shape index (κ2) is 7.90. The van der Waals surface area contributed by atoms with Gasteiger partial charge in [-0.25, -0.2) is 9.18 Å². The maximum absolute atomic E-state index is 13.2. The highest BCUT2D eigenvalue weighted by atomic mass is 32.1. The number of hydrogen-bond acceptors (Lipinski definition) is 4. The van der Waals surface area contributed by atoms with Crippen LogP contribution in [-0.4, -0.2) is 25.0 Å². The van der Waals surface area contributed by atoms with Crippen molar-refractivity contribution in [3.05, 3.63) is 70.9 Å². The molecule has 0 aliphatic heterocycles. The quantitative estimate of drug-likeness (QED) is 0.687. The molecule has 0 spiro atoms. The Labute approximate surface area is 148 Å². The van der Waals surface area contributed by atoms with Crippen molar-refractivity contribution in [2.75, 3.05) is 13.2 Å². The fourth-order valence-corrected chi connectivity index (χ4v) is 3.30. The molecular formula is C19H16FNO3S. The van der Waals surface area contributed by atoms with Crippen molar-refractivity contribution < 1.29 is 18.7 Å². The minimum absolute atomic E-state index is 0.337. The van der Waals surface area contributed by atoms with E-state index in [1.165, 1.54) is 23.5 Å². The van der Waals surface area contributed by atoms with Gasteiger partial charge in [0, 0.05) is 11.2 Å². The van der Waals surface area contributed by atoms with Gasteiger partial charge in [-0.15, -0.1) is 11.3 Å². The summed E-state index contributed by atoms with van der Waals surface area (Å²) < 4.78 is 19.0. The maximum atomic E-state index is 13.2. The molecule has 1 heterocycles. The summed E-state index contributed by atoms with van der Waals surface area (Å²) in [4.78, 5) is 24.1. The summed E-state index contributed by atoms with van der Waals surface area (Å²) in [6.45, 7) is 0.138. The summed E-state index contributed by atoms with van der Waals surface area (Å²) in [6, 6.07) is 15.7. The number of fused-ring (bicyclic) bond motifs is 1. The van der Waals surface area contributed by atoms with Crippen molar-refractivity contribution in [1.29, 1.82) is 0 Å². The number of carbonyl (C=O) groups is 2. The van der Waals surface area contributed by atoms with E-state index in [0.29, 0.717) is 23.2 Å². The predicted molar refractivity (Wildman–Crippen MR) is 95.2 cm³/mol. The summed E-state index contributed by atoms with van der Waals surface area (Å²) in [5.74, 6) is -1.29. The van der Waals surface area contributed by atoms with Crippen LogP contribution in [0.2, 0.25) is 0 Å². The van der Waals surface area contributed by atoms with Gasteiger partial charge in [-0.3, -0.25) is 4.79 Å². The lowest BCUT2D eigenvalue weighted by Gasteiger charge is -2.06. The highest BCUT2D eigenvalue weighted by molar-refractivity contribution is 7.20. The van der Waals surface area contributed by atoms with Crippen LogP contribution in [0.5, 0.6) is 0 Å². The highest BCUT2D eigenvalue weighted by Crippen LogP contribution is 2.26. The summed E-state index contributed by atoms with van der Waals surface area (Å²) in [5.41, 5.74) is 1.12. The van der Waals surface area contributed by atoms with Gasteiger partial charge in [0.25, 0.3) is 5.91 Å². The van der Waals surface area contributed by atoms with Crippen molar-refractivity contribution in [2.24, 2.45) is 0 Å². The zero-order chi connectivity index (χ0) is 17.6. The molecule has 0 saturated carbocycles. The van der Waals surface area contributed by atoms with E-state index in [1.807, 2.05) is 30.3 Å². The lowest BCUT2D eigenvalue weighted by molar-refractivity contribution is -0.124. The average Bonchev–Trinajstić information content (AvgIpc) is 3.04. The zero-order valence-corrected chi connectivity index (χ0v) is 14.1. The molecule has 1 N–H and O–H groups in total. The normalized spacial score (nSPS) is 10.6. The topological polar surface area (TPSA) is 55.4 Å². The van der Waals surface area contributed by atoms with Crippen LogP contribution < -0.4 is 5.32 Å². The van der Waals surface area contributed by atoms with Crippen LogP contribution in [0.4, 0.5) is 4.39 Å². The van der Waals surface area contributed by atoms with E-state index < -0.39 is 5.97 Å². The molecular weight excluding hydrogens is 341 g/mol. The van der Waals surface area contributed by atoms with Crippen LogP contribution in [0.25, 0.3) is 10.1 Å². The Hall–Kier alpha value is -2.73. The van der Waals surface area contributed by atoms with E-state index in [1.54, 1.807) is 12.1 Å². The molecule has 3 rings (SSSR count). The molecule has 0 unspecified atom stereocenters. The number of benzene rings is 2. The molecule has 0 atom stereocenters. The Morgan fingerprint density at radius 3 is 2.68 bits per heavy atom. The largest absolute Gasteiger partial charge is 0.451 e. The first-order chi connectivity index (χ1) is 12.1. The van der Waals surface area contributed by atoms with Crippen molar-refractivity contribution >= 4 is 33.3 Å². The second-order valence-corrected chi connectivity index (χ2v) is 6.54. The van der Waals surface area contributed by atoms with E-state index in [0.717, 1.165) is 10.3 Å². The number of rotatable bonds is 6. The van der Waals surface area contributed by atoms with Crippen LogP contribution in [0.3, 0.4) is 0 Å². The molecule has 0 saturated heterocycles. The Morgan fingerprint density at radius 1 is 1.08 bits per heavy atom. The Morgan fingerprint density at radius 2 is 1.88 bits per heavy atom. The lowest BCUT2D eigenvalue weighted by Crippen LogP contribution is -2.30. The van der Waals surface area contributed by atoms with Gasteiger partial charge in [0.2, 0.25) is 0 Å². The van der Waals surface area contributed by atoms with Gasteiger partial charge >= 0.3 is 5.97 Å². The summed E-state index contributed by atoms with van der Waals surface area (Å²) in [6.07, 6.45) is 0.711. The van der Waals surface area contributed by atoms with Crippen molar-refractivity contribution in [2.45, 2.75) is 6.42 Å². The van der Waals surface area contributed by atoms with E-state index >= 15 is 0 Å². The van der Waals surface area contributed by atoms with Crippen LogP contribution >= 0.6 is 11.3 Å². The Bertz CT molecular complexity index is 892. The number of esters is 1. The molecule has 6 heteroatoms. The molecule has 25 heavy (non-hydrogen) atoms. The fourth-order valence-electron chi connectivity index (χ4n) is 2.36. The SMILES string of the molecule is O=C(COC(=O)c1cc2cc(F)ccc2s1)NCCc1ccccc1. The number of carbonyl (C=O) groups excluding carboxylic acids is 2. The number of hydrogen-bond donors (Lipinski definition) is 1. The monoisotopic (exact) mass is 357 g/mol. The third-order valence-electron chi connectivity index (χ3n) is 3.59. The van der Waals surface area contributed by atoms with Crippen LogP contribution in [-0.2, 0) is 16.0 Å². The fraction of sp³-hybridized carbons (Fsp3) is 0.158. The molecule has 2 aromatic carbocycles. The van der Waals surface area contributed by atoms with Crippen LogP contribution in [0.1, 0.15) is 15.2 Å². The van der Waals surface area contributed by atoms with Gasteiger partial charge in [0.05, 0.1) is 0 Å². The Kier molecular flexibility index (Phi) is 5.40. The molecule has 0 bridgehead atoms. The number of halogens is 1. The molecule has 0 aliphatic carbocycles. The van der Waals surface area contributed by atoms with Gasteiger partial charge in [-0.1, -0.05) is 30.3 Å². The minimum Gasteiger partial charge on any atom is -0.451 e. The van der Waals surface area contributed by atoms with Crippen molar-refractivity contribution in [3.8, 4) is 0 Å². The second-order valence-electron chi connectivity index (χ2n) is 5.45. The zero-order valence-electron chi connectivity index (χ0n) is 13.3. The van der Waals surface area contributed by atoms with Crippen LogP contribution in [0, 0.1) is 5.82 Å². The number of nitrogens with one attached hydrogen (secondary N) is 1. The third-order valence-corrected chi connectivity index (χ3v) is 4.69. The first-order valence-electron chi connectivity index (χ1n) is 7.79. The molecule has 0 fully saturated rings. The number of ether oxygens (including phenoxy) is 1. The van der Waals surface area contributed by atoms with E-state index in [-0.39, 0.29) is 18.3 Å². The third kappa shape index (κ3) is 4.64. The van der Waals surface area contributed by atoms with Gasteiger partial charge in [0.15, 0.2) is 6.61 Å². The van der Waals surface area contributed by atoms with E-state index in [2.05, 4.69) is 5.32 Å². The first-order valence-corrected chi connectivity index (χ1v) is 8.60. The molecule has 3 aromatic rings. The summed E-state index contributed by atoms with van der Waals surface area (Å²) in [7, 11) is 0. The molecule has 0 aliphatic rings.